The number of phenols is 1. The maximum absolute atomic E-state index is 9.05. The van der Waals surface area contributed by atoms with E-state index in [1.54, 1.807) is 12.1 Å². The highest BCUT2D eigenvalue weighted by Crippen LogP contribution is 2.20. The Labute approximate surface area is 70.6 Å². The van der Waals surface area contributed by atoms with Crippen LogP contribution in [0.25, 0.3) is 0 Å². The molecule has 0 unspecified atom stereocenters. The number of benzene rings is 1. The predicted molar refractivity (Wildman–Crippen MR) is 46.9 cm³/mol. The zero-order valence-corrected chi connectivity index (χ0v) is 6.80. The lowest BCUT2D eigenvalue weighted by Gasteiger charge is -2.01. The minimum absolute atomic E-state index is 0.128. The first-order chi connectivity index (χ1) is 5.24. The highest BCUT2D eigenvalue weighted by atomic mass is 35.5. The van der Waals surface area contributed by atoms with Gasteiger partial charge in [-0.05, 0) is 24.1 Å². The van der Waals surface area contributed by atoms with Gasteiger partial charge in [0.1, 0.15) is 5.75 Å². The normalized spacial score (nSPS) is 9.91. The Morgan fingerprint density at radius 1 is 1.45 bits per heavy atom. The van der Waals surface area contributed by atoms with Crippen LogP contribution in [0.15, 0.2) is 18.2 Å². The molecule has 0 aromatic heterocycles. The molecule has 0 spiro atoms. The highest BCUT2D eigenvalue weighted by molar-refractivity contribution is 6.17. The van der Waals surface area contributed by atoms with Crippen molar-refractivity contribution in [3.63, 3.8) is 0 Å². The minimum Gasteiger partial charge on any atom is -0.506 e. The number of hydrogen-bond donors (Lipinski definition) is 2. The minimum atomic E-state index is 0.128. The van der Waals surface area contributed by atoms with Gasteiger partial charge < -0.3 is 10.8 Å². The lowest BCUT2D eigenvalue weighted by Crippen LogP contribution is -1.90. The van der Waals surface area contributed by atoms with E-state index in [9.17, 15) is 0 Å². The van der Waals surface area contributed by atoms with Crippen LogP contribution in [0.5, 0.6) is 5.75 Å². The molecule has 3 N–H and O–H groups in total. The van der Waals surface area contributed by atoms with Crippen molar-refractivity contribution in [3.8, 4) is 5.75 Å². The molecule has 0 amide bonds. The van der Waals surface area contributed by atoms with Gasteiger partial charge in [-0.25, -0.2) is 0 Å². The summed E-state index contributed by atoms with van der Waals surface area (Å²) < 4.78 is 0. The Kier molecular flexibility index (Phi) is 2.60. The zero-order valence-electron chi connectivity index (χ0n) is 6.05. The van der Waals surface area contributed by atoms with Crippen LogP contribution >= 0.6 is 11.6 Å². The van der Waals surface area contributed by atoms with E-state index in [1.165, 1.54) is 0 Å². The summed E-state index contributed by atoms with van der Waals surface area (Å²) in [5.41, 5.74) is 6.92. The molecule has 1 aromatic rings. The average molecular weight is 172 g/mol. The second-order valence-electron chi connectivity index (χ2n) is 2.33. The summed E-state index contributed by atoms with van der Waals surface area (Å²) in [6.45, 7) is 0. The van der Waals surface area contributed by atoms with E-state index in [0.29, 0.717) is 11.6 Å². The molecule has 0 fully saturated rings. The van der Waals surface area contributed by atoms with E-state index >= 15 is 0 Å². The van der Waals surface area contributed by atoms with Crippen LogP contribution in [-0.2, 0) is 6.42 Å². The van der Waals surface area contributed by atoms with Crippen molar-refractivity contribution < 1.29 is 5.11 Å². The third-order valence-corrected chi connectivity index (χ3v) is 1.66. The number of aryl methyl sites for hydroxylation is 1. The molecule has 1 rings (SSSR count). The van der Waals surface area contributed by atoms with Crippen molar-refractivity contribution in [2.75, 3.05) is 11.6 Å². The molecule has 0 aliphatic rings. The number of hydrogen-bond acceptors (Lipinski definition) is 2. The molecule has 0 aliphatic carbocycles. The second-order valence-corrected chi connectivity index (χ2v) is 2.71. The molecule has 11 heavy (non-hydrogen) atoms. The van der Waals surface area contributed by atoms with Crippen LogP contribution in [0.1, 0.15) is 5.56 Å². The second kappa shape index (κ2) is 3.49. The third-order valence-electron chi connectivity index (χ3n) is 1.48. The molecule has 1 aromatic carbocycles. The first-order valence-corrected chi connectivity index (χ1v) is 3.91. The first-order valence-electron chi connectivity index (χ1n) is 3.37. The van der Waals surface area contributed by atoms with Crippen molar-refractivity contribution in [2.45, 2.75) is 6.42 Å². The Balaban J connectivity index is 2.86. The molecule has 0 aliphatic heterocycles. The van der Waals surface area contributed by atoms with Crippen LogP contribution in [-0.4, -0.2) is 11.0 Å². The van der Waals surface area contributed by atoms with E-state index in [2.05, 4.69) is 0 Å². The van der Waals surface area contributed by atoms with Crippen molar-refractivity contribution in [1.29, 1.82) is 0 Å². The van der Waals surface area contributed by atoms with Crippen molar-refractivity contribution in [3.05, 3.63) is 23.8 Å². The van der Waals surface area contributed by atoms with Gasteiger partial charge in [0.25, 0.3) is 0 Å². The maximum atomic E-state index is 9.05. The molecule has 0 atom stereocenters. The number of anilines is 1. The Morgan fingerprint density at radius 2 is 2.18 bits per heavy atom. The molecule has 60 valence electrons. The quantitative estimate of drug-likeness (QED) is 0.405. The smallest absolute Gasteiger partial charge is 0.138 e. The van der Waals surface area contributed by atoms with Gasteiger partial charge in [0.05, 0.1) is 5.69 Å². The van der Waals surface area contributed by atoms with E-state index < -0.39 is 0 Å². The third kappa shape index (κ3) is 2.02. The van der Waals surface area contributed by atoms with E-state index in [-0.39, 0.29) is 5.75 Å². The Hall–Kier alpha value is -0.890. The standard InChI is InChI=1S/C8H10ClNO/c9-4-3-6-1-2-8(11)7(10)5-6/h1-2,5,11H,3-4,10H2. The van der Waals surface area contributed by atoms with E-state index in [0.717, 1.165) is 12.0 Å². The molecule has 0 radical (unpaired) electrons. The summed E-state index contributed by atoms with van der Waals surface area (Å²) in [7, 11) is 0. The van der Waals surface area contributed by atoms with Gasteiger partial charge in [0.15, 0.2) is 0 Å². The van der Waals surface area contributed by atoms with E-state index in [4.69, 9.17) is 22.4 Å². The van der Waals surface area contributed by atoms with Crippen LogP contribution < -0.4 is 5.73 Å². The Morgan fingerprint density at radius 3 is 2.73 bits per heavy atom. The summed E-state index contributed by atoms with van der Waals surface area (Å²) in [6.07, 6.45) is 0.784. The van der Waals surface area contributed by atoms with Gasteiger partial charge in [-0.3, -0.25) is 0 Å². The molecule has 3 heteroatoms. The first kappa shape index (κ1) is 8.21. The van der Waals surface area contributed by atoms with Gasteiger partial charge in [0.2, 0.25) is 0 Å². The van der Waals surface area contributed by atoms with Crippen molar-refractivity contribution >= 4 is 17.3 Å². The van der Waals surface area contributed by atoms with Crippen LogP contribution in [0, 0.1) is 0 Å². The largest absolute Gasteiger partial charge is 0.506 e. The molecule has 2 nitrogen and oxygen atoms in total. The predicted octanol–water partition coefficient (Wildman–Crippen LogP) is 1.76. The lowest BCUT2D eigenvalue weighted by molar-refractivity contribution is 0.478. The number of aromatic hydroxyl groups is 1. The SMILES string of the molecule is Nc1cc(CCCl)ccc1O. The molecule has 0 saturated carbocycles. The topological polar surface area (TPSA) is 46.2 Å². The summed E-state index contributed by atoms with van der Waals surface area (Å²) in [5.74, 6) is 0.702. The molecular weight excluding hydrogens is 162 g/mol. The Bertz CT molecular complexity index is 250. The summed E-state index contributed by atoms with van der Waals surface area (Å²) in [5, 5.41) is 9.05. The number of halogens is 1. The lowest BCUT2D eigenvalue weighted by atomic mass is 10.1. The van der Waals surface area contributed by atoms with Gasteiger partial charge in [-0.1, -0.05) is 6.07 Å². The summed E-state index contributed by atoms with van der Waals surface area (Å²) in [4.78, 5) is 0. The number of phenolic OH excluding ortho intramolecular Hbond substituents is 1. The van der Waals surface area contributed by atoms with Crippen LogP contribution in [0.2, 0.25) is 0 Å². The monoisotopic (exact) mass is 171 g/mol. The fraction of sp³-hybridized carbons (Fsp3) is 0.250. The zero-order chi connectivity index (χ0) is 8.27. The number of nitrogens with two attached hydrogens (primary N) is 1. The van der Waals surface area contributed by atoms with Crippen molar-refractivity contribution in [1.82, 2.24) is 0 Å². The fourth-order valence-electron chi connectivity index (χ4n) is 0.869. The highest BCUT2D eigenvalue weighted by Gasteiger charge is 1.97. The molecular formula is C8H10ClNO. The van der Waals surface area contributed by atoms with Gasteiger partial charge in [0, 0.05) is 5.88 Å². The fourth-order valence-corrected chi connectivity index (χ4v) is 1.09. The van der Waals surface area contributed by atoms with E-state index in [1.807, 2.05) is 6.07 Å². The number of nitrogen functional groups attached to an aromatic ring is 1. The van der Waals surface area contributed by atoms with Gasteiger partial charge in [-0.2, -0.15) is 0 Å². The van der Waals surface area contributed by atoms with Gasteiger partial charge in [-0.15, -0.1) is 11.6 Å². The van der Waals surface area contributed by atoms with Gasteiger partial charge >= 0.3 is 0 Å². The van der Waals surface area contributed by atoms with Crippen LogP contribution in [0.3, 0.4) is 0 Å². The maximum Gasteiger partial charge on any atom is 0.138 e. The average Bonchev–Trinajstić information content (AvgIpc) is 1.98. The van der Waals surface area contributed by atoms with Crippen LogP contribution in [0.4, 0.5) is 5.69 Å². The summed E-state index contributed by atoms with van der Waals surface area (Å²) in [6, 6.07) is 5.13. The number of alkyl halides is 1. The molecule has 0 saturated heterocycles. The molecule has 0 heterocycles. The van der Waals surface area contributed by atoms with Crippen molar-refractivity contribution in [2.24, 2.45) is 0 Å². The summed E-state index contributed by atoms with van der Waals surface area (Å²) >= 11 is 5.52. The number of rotatable bonds is 2. The molecule has 0 bridgehead atoms.